The van der Waals surface area contributed by atoms with Gasteiger partial charge in [0.05, 0.1) is 13.2 Å². The van der Waals surface area contributed by atoms with E-state index in [-0.39, 0.29) is 5.41 Å². The van der Waals surface area contributed by atoms with Crippen LogP contribution in [0.1, 0.15) is 18.9 Å². The molecule has 1 saturated heterocycles. The second kappa shape index (κ2) is 5.89. The molecule has 0 saturated carbocycles. The van der Waals surface area contributed by atoms with Crippen molar-refractivity contribution in [3.05, 3.63) is 29.8 Å². The van der Waals surface area contributed by atoms with E-state index in [4.69, 9.17) is 4.74 Å². The molecule has 1 aromatic carbocycles. The number of hydrogen-bond donors (Lipinski definition) is 1. The fourth-order valence-electron chi connectivity index (χ4n) is 2.24. The molecule has 17 heavy (non-hydrogen) atoms. The molecular weight excluding hydrogens is 230 g/mol. The third-order valence-corrected chi connectivity index (χ3v) is 4.28. The molecule has 2 rings (SSSR count). The Labute approximate surface area is 108 Å². The normalized spacial score (nSPS) is 17.8. The lowest BCUT2D eigenvalue weighted by Gasteiger charge is -2.42. The van der Waals surface area contributed by atoms with Gasteiger partial charge in [-0.05, 0) is 43.5 Å². The maximum absolute atomic E-state index is 5.43. The van der Waals surface area contributed by atoms with Gasteiger partial charge < -0.3 is 10.1 Å². The molecule has 2 nitrogen and oxygen atoms in total. The van der Waals surface area contributed by atoms with Crippen LogP contribution < -0.4 is 5.32 Å². The summed E-state index contributed by atoms with van der Waals surface area (Å²) in [7, 11) is 2.01. The molecule has 3 heteroatoms. The van der Waals surface area contributed by atoms with Crippen LogP contribution in [0.5, 0.6) is 0 Å². The largest absolute Gasteiger partial charge is 0.379 e. The van der Waals surface area contributed by atoms with Crippen LogP contribution in [0.15, 0.2) is 29.2 Å². The number of nitrogens with one attached hydrogen (secondary N) is 1. The third kappa shape index (κ3) is 2.84. The van der Waals surface area contributed by atoms with Gasteiger partial charge in [-0.2, -0.15) is 0 Å². The molecule has 0 atom stereocenters. The summed E-state index contributed by atoms with van der Waals surface area (Å²) < 4.78 is 5.43. The Bertz CT molecular complexity index is 346. The van der Waals surface area contributed by atoms with Crippen LogP contribution in [-0.4, -0.2) is 32.6 Å². The zero-order valence-electron chi connectivity index (χ0n) is 10.7. The van der Waals surface area contributed by atoms with Crippen molar-refractivity contribution >= 4 is 11.8 Å². The summed E-state index contributed by atoms with van der Waals surface area (Å²) in [5, 5.41) is 3.23. The molecule has 1 aliphatic rings. The lowest BCUT2D eigenvalue weighted by molar-refractivity contribution is -0.0638. The van der Waals surface area contributed by atoms with E-state index in [1.807, 2.05) is 18.8 Å². The first-order chi connectivity index (χ1) is 8.30. The number of hydrogen-bond acceptors (Lipinski definition) is 3. The van der Waals surface area contributed by atoms with Crippen molar-refractivity contribution in [3.8, 4) is 0 Å². The molecule has 1 aliphatic heterocycles. The van der Waals surface area contributed by atoms with E-state index in [0.29, 0.717) is 0 Å². The van der Waals surface area contributed by atoms with Gasteiger partial charge in [0.2, 0.25) is 0 Å². The first kappa shape index (κ1) is 12.9. The van der Waals surface area contributed by atoms with Gasteiger partial charge in [0.15, 0.2) is 0 Å². The van der Waals surface area contributed by atoms with E-state index in [1.54, 1.807) is 0 Å². The number of thioether (sulfide) groups is 1. The molecule has 0 aliphatic carbocycles. The van der Waals surface area contributed by atoms with Gasteiger partial charge in [0.1, 0.15) is 0 Å². The Balaban J connectivity index is 2.08. The third-order valence-electron chi connectivity index (χ3n) is 3.39. The van der Waals surface area contributed by atoms with E-state index in [1.165, 1.54) is 10.5 Å². The second-order valence-electron chi connectivity index (χ2n) is 4.58. The summed E-state index contributed by atoms with van der Waals surface area (Å²) in [5.74, 6) is 1.13. The Morgan fingerprint density at radius 2 is 2.00 bits per heavy atom. The van der Waals surface area contributed by atoms with Crippen LogP contribution >= 0.6 is 11.8 Å². The zero-order valence-corrected chi connectivity index (χ0v) is 11.5. The summed E-state index contributed by atoms with van der Waals surface area (Å²) in [6.45, 7) is 4.98. The lowest BCUT2D eigenvalue weighted by Crippen LogP contribution is -2.48. The first-order valence-electron chi connectivity index (χ1n) is 6.26. The van der Waals surface area contributed by atoms with Crippen LogP contribution in [0, 0.1) is 0 Å². The van der Waals surface area contributed by atoms with Crippen molar-refractivity contribution in [3.63, 3.8) is 0 Å². The minimum absolute atomic E-state index is 0.262. The SMILES string of the molecule is CCSc1ccc(C2(CCNC)COC2)cc1. The fourth-order valence-corrected chi connectivity index (χ4v) is 2.90. The van der Waals surface area contributed by atoms with Gasteiger partial charge in [0.25, 0.3) is 0 Å². The highest BCUT2D eigenvalue weighted by Gasteiger charge is 2.39. The van der Waals surface area contributed by atoms with Gasteiger partial charge in [0, 0.05) is 10.3 Å². The summed E-state index contributed by atoms with van der Waals surface area (Å²) in [6, 6.07) is 9.03. The summed E-state index contributed by atoms with van der Waals surface area (Å²) in [6.07, 6.45) is 1.16. The molecule has 0 unspecified atom stereocenters. The zero-order chi connectivity index (χ0) is 12.1. The van der Waals surface area contributed by atoms with Crippen LogP contribution in [0.4, 0.5) is 0 Å². The van der Waals surface area contributed by atoms with E-state index in [9.17, 15) is 0 Å². The van der Waals surface area contributed by atoms with Crippen molar-refractivity contribution in [1.29, 1.82) is 0 Å². The summed E-state index contributed by atoms with van der Waals surface area (Å²) in [4.78, 5) is 1.36. The molecule has 1 heterocycles. The maximum Gasteiger partial charge on any atom is 0.0586 e. The Morgan fingerprint density at radius 1 is 1.29 bits per heavy atom. The van der Waals surface area contributed by atoms with Crippen LogP contribution in [0.2, 0.25) is 0 Å². The number of benzene rings is 1. The maximum atomic E-state index is 5.43. The van der Waals surface area contributed by atoms with Crippen molar-refractivity contribution < 1.29 is 4.74 Å². The van der Waals surface area contributed by atoms with Crippen LogP contribution in [0.3, 0.4) is 0 Å². The topological polar surface area (TPSA) is 21.3 Å². The molecule has 1 aromatic rings. The van der Waals surface area contributed by atoms with Gasteiger partial charge in [-0.15, -0.1) is 11.8 Å². The van der Waals surface area contributed by atoms with Crippen LogP contribution in [-0.2, 0) is 10.2 Å². The van der Waals surface area contributed by atoms with Gasteiger partial charge >= 0.3 is 0 Å². The molecule has 0 spiro atoms. The standard InChI is InChI=1S/C14H21NOS/c1-3-17-13-6-4-12(5-7-13)14(8-9-15-2)10-16-11-14/h4-7,15H,3,8-11H2,1-2H3. The Hall–Kier alpha value is -0.510. The van der Waals surface area contributed by atoms with Gasteiger partial charge in [-0.3, -0.25) is 0 Å². The number of rotatable bonds is 6. The smallest absolute Gasteiger partial charge is 0.0586 e. The molecule has 0 aromatic heterocycles. The molecule has 1 fully saturated rings. The van der Waals surface area contributed by atoms with Crippen molar-refractivity contribution in [2.45, 2.75) is 23.7 Å². The first-order valence-corrected chi connectivity index (χ1v) is 7.25. The van der Waals surface area contributed by atoms with Gasteiger partial charge in [-0.25, -0.2) is 0 Å². The fraction of sp³-hybridized carbons (Fsp3) is 0.571. The molecule has 94 valence electrons. The highest BCUT2D eigenvalue weighted by atomic mass is 32.2. The lowest BCUT2D eigenvalue weighted by atomic mass is 9.76. The Morgan fingerprint density at radius 3 is 2.47 bits per heavy atom. The van der Waals surface area contributed by atoms with E-state index < -0.39 is 0 Å². The van der Waals surface area contributed by atoms with Crippen LogP contribution in [0.25, 0.3) is 0 Å². The van der Waals surface area contributed by atoms with Gasteiger partial charge in [-0.1, -0.05) is 19.1 Å². The predicted molar refractivity (Wildman–Crippen MR) is 73.9 cm³/mol. The van der Waals surface area contributed by atoms with E-state index in [0.717, 1.165) is 31.9 Å². The molecule has 0 bridgehead atoms. The monoisotopic (exact) mass is 251 g/mol. The second-order valence-corrected chi connectivity index (χ2v) is 5.92. The van der Waals surface area contributed by atoms with Crippen molar-refractivity contribution in [2.24, 2.45) is 0 Å². The van der Waals surface area contributed by atoms with E-state index >= 15 is 0 Å². The Kier molecular flexibility index (Phi) is 4.48. The highest BCUT2D eigenvalue weighted by molar-refractivity contribution is 7.99. The highest BCUT2D eigenvalue weighted by Crippen LogP contribution is 2.36. The minimum Gasteiger partial charge on any atom is -0.379 e. The molecule has 0 amide bonds. The van der Waals surface area contributed by atoms with Crippen molar-refractivity contribution in [2.75, 3.05) is 32.6 Å². The van der Waals surface area contributed by atoms with E-state index in [2.05, 4.69) is 36.5 Å². The average Bonchev–Trinajstić information content (AvgIpc) is 2.30. The average molecular weight is 251 g/mol. The molecule has 1 N–H and O–H groups in total. The predicted octanol–water partition coefficient (Wildman–Crippen LogP) is 2.68. The minimum atomic E-state index is 0.262. The quantitative estimate of drug-likeness (QED) is 0.785. The summed E-state index contributed by atoms with van der Waals surface area (Å²) in [5.41, 5.74) is 1.69. The molecule has 0 radical (unpaired) electrons. The molecular formula is C14H21NOS. The summed E-state index contributed by atoms with van der Waals surface area (Å²) >= 11 is 1.89. The number of ether oxygens (including phenoxy) is 1. The van der Waals surface area contributed by atoms with Crippen molar-refractivity contribution in [1.82, 2.24) is 5.32 Å².